The van der Waals surface area contributed by atoms with Gasteiger partial charge in [-0.3, -0.25) is 9.59 Å². The number of benzene rings is 1. The highest BCUT2D eigenvalue weighted by molar-refractivity contribution is 7.14. The molecule has 0 bridgehead atoms. The molecule has 2 rings (SSSR count). The number of amides is 1. The van der Waals surface area contributed by atoms with Crippen LogP contribution < -0.4 is 5.32 Å². The molecular weight excluding hydrogens is 313 g/mol. The van der Waals surface area contributed by atoms with Crippen LogP contribution in [0.5, 0.6) is 0 Å². The first-order valence-electron chi connectivity index (χ1n) is 6.30. The molecule has 0 aliphatic carbocycles. The van der Waals surface area contributed by atoms with Crippen LogP contribution in [-0.4, -0.2) is 11.7 Å². The van der Waals surface area contributed by atoms with Crippen LogP contribution in [0.15, 0.2) is 30.3 Å². The van der Waals surface area contributed by atoms with Gasteiger partial charge in [-0.2, -0.15) is 0 Å². The van der Waals surface area contributed by atoms with Gasteiger partial charge in [-0.25, -0.2) is 4.39 Å². The number of rotatable bonds is 5. The number of halogens is 2. The number of nitrogens with one attached hydrogen (secondary N) is 1. The van der Waals surface area contributed by atoms with Crippen molar-refractivity contribution >= 4 is 40.3 Å². The number of thiophene rings is 1. The molecule has 1 N–H and O–H groups in total. The lowest BCUT2D eigenvalue weighted by atomic mass is 10.2. The molecule has 6 heteroatoms. The highest BCUT2D eigenvalue weighted by Gasteiger charge is 2.12. The van der Waals surface area contributed by atoms with Gasteiger partial charge in [-0.05, 0) is 37.3 Å². The van der Waals surface area contributed by atoms with E-state index in [1.165, 1.54) is 23.5 Å². The van der Waals surface area contributed by atoms with Crippen LogP contribution in [0.4, 0.5) is 10.1 Å². The van der Waals surface area contributed by atoms with Crippen molar-refractivity contribution in [2.24, 2.45) is 0 Å². The maximum Gasteiger partial charge on any atom is 0.224 e. The van der Waals surface area contributed by atoms with Gasteiger partial charge in [0.05, 0.1) is 10.6 Å². The van der Waals surface area contributed by atoms with Crippen LogP contribution in [-0.2, 0) is 4.79 Å². The molecule has 21 heavy (non-hydrogen) atoms. The lowest BCUT2D eigenvalue weighted by molar-refractivity contribution is -0.116. The molecule has 3 nitrogen and oxygen atoms in total. The summed E-state index contributed by atoms with van der Waals surface area (Å²) in [5.41, 5.74) is 0.0591. The second-order valence-corrected chi connectivity index (χ2v) is 6.23. The third-order valence-corrected chi connectivity index (χ3v) is 4.08. The molecule has 0 unspecified atom stereocenters. The van der Waals surface area contributed by atoms with E-state index in [1.807, 2.05) is 13.0 Å². The number of anilines is 1. The molecule has 0 fully saturated rings. The van der Waals surface area contributed by atoms with E-state index in [0.717, 1.165) is 10.9 Å². The van der Waals surface area contributed by atoms with E-state index in [2.05, 4.69) is 5.32 Å². The van der Waals surface area contributed by atoms with Gasteiger partial charge >= 0.3 is 0 Å². The SMILES string of the molecule is Cc1ccc(C(=O)CCC(=O)Nc2ccc(Cl)cc2F)s1. The first-order chi connectivity index (χ1) is 9.95. The Hall–Kier alpha value is -1.72. The minimum absolute atomic E-state index is 0.0118. The molecule has 0 atom stereocenters. The number of aryl methyl sites for hydroxylation is 1. The van der Waals surface area contributed by atoms with Gasteiger partial charge in [-0.15, -0.1) is 11.3 Å². The van der Waals surface area contributed by atoms with Crippen molar-refractivity contribution in [1.29, 1.82) is 0 Å². The van der Waals surface area contributed by atoms with Gasteiger partial charge in [0.15, 0.2) is 5.78 Å². The monoisotopic (exact) mass is 325 g/mol. The summed E-state index contributed by atoms with van der Waals surface area (Å²) < 4.78 is 13.5. The van der Waals surface area contributed by atoms with E-state index in [0.29, 0.717) is 4.88 Å². The topological polar surface area (TPSA) is 46.2 Å². The van der Waals surface area contributed by atoms with Crippen LogP contribution in [0, 0.1) is 12.7 Å². The first kappa shape index (κ1) is 15.7. The predicted molar refractivity (Wildman–Crippen MR) is 82.7 cm³/mol. The van der Waals surface area contributed by atoms with E-state index in [1.54, 1.807) is 6.07 Å². The fraction of sp³-hybridized carbons (Fsp3) is 0.200. The van der Waals surface area contributed by atoms with E-state index >= 15 is 0 Å². The Balaban J connectivity index is 1.89. The Morgan fingerprint density at radius 1 is 1.24 bits per heavy atom. The van der Waals surface area contributed by atoms with Crippen molar-refractivity contribution in [2.45, 2.75) is 19.8 Å². The largest absolute Gasteiger partial charge is 0.324 e. The minimum Gasteiger partial charge on any atom is -0.324 e. The smallest absolute Gasteiger partial charge is 0.224 e. The molecule has 110 valence electrons. The Kier molecular flexibility index (Phi) is 5.09. The molecule has 1 heterocycles. The summed E-state index contributed by atoms with van der Waals surface area (Å²) in [5, 5.41) is 2.69. The maximum atomic E-state index is 13.5. The summed E-state index contributed by atoms with van der Waals surface area (Å²) in [6.07, 6.45) is 0.110. The molecule has 1 aromatic carbocycles. The zero-order chi connectivity index (χ0) is 15.4. The molecule has 1 aromatic heterocycles. The van der Waals surface area contributed by atoms with Crippen molar-refractivity contribution in [3.05, 3.63) is 50.9 Å². The van der Waals surface area contributed by atoms with Crippen molar-refractivity contribution in [3.63, 3.8) is 0 Å². The van der Waals surface area contributed by atoms with Crippen LogP contribution in [0.25, 0.3) is 0 Å². The third kappa shape index (κ3) is 4.37. The molecule has 1 amide bonds. The Morgan fingerprint density at radius 3 is 2.62 bits per heavy atom. The fourth-order valence-corrected chi connectivity index (χ4v) is 2.73. The number of carbonyl (C=O) groups excluding carboxylic acids is 2. The van der Waals surface area contributed by atoms with Gasteiger partial charge in [0, 0.05) is 22.7 Å². The van der Waals surface area contributed by atoms with Gasteiger partial charge < -0.3 is 5.32 Å². The minimum atomic E-state index is -0.601. The average molecular weight is 326 g/mol. The molecule has 2 aromatic rings. The second-order valence-electron chi connectivity index (χ2n) is 4.51. The van der Waals surface area contributed by atoms with Crippen molar-refractivity contribution in [2.75, 3.05) is 5.32 Å². The molecule has 0 radical (unpaired) electrons. The van der Waals surface area contributed by atoms with Crippen molar-refractivity contribution in [1.82, 2.24) is 0 Å². The third-order valence-electron chi connectivity index (χ3n) is 2.80. The van der Waals surface area contributed by atoms with E-state index in [9.17, 15) is 14.0 Å². The standard InChI is InChI=1S/C15H13ClFNO2S/c1-9-2-6-14(21-9)13(19)5-7-15(20)18-12-4-3-10(16)8-11(12)17/h2-4,6,8H,5,7H2,1H3,(H,18,20). The van der Waals surface area contributed by atoms with E-state index in [4.69, 9.17) is 11.6 Å². The molecule has 0 spiro atoms. The highest BCUT2D eigenvalue weighted by Crippen LogP contribution is 2.20. The average Bonchev–Trinajstić information content (AvgIpc) is 2.86. The molecule has 0 aliphatic heterocycles. The molecule has 0 saturated carbocycles. The zero-order valence-electron chi connectivity index (χ0n) is 11.3. The van der Waals surface area contributed by atoms with Crippen LogP contribution in [0.2, 0.25) is 5.02 Å². The van der Waals surface area contributed by atoms with Gasteiger partial charge in [0.25, 0.3) is 0 Å². The predicted octanol–water partition coefficient (Wildman–Crippen LogP) is 4.45. The fourth-order valence-electron chi connectivity index (χ4n) is 1.74. The lowest BCUT2D eigenvalue weighted by Crippen LogP contribution is -2.14. The number of carbonyl (C=O) groups is 2. The second kappa shape index (κ2) is 6.83. The quantitative estimate of drug-likeness (QED) is 0.825. The number of hydrogen-bond donors (Lipinski definition) is 1. The summed E-state index contributed by atoms with van der Waals surface area (Å²) in [6, 6.07) is 7.61. The van der Waals surface area contributed by atoms with E-state index in [-0.39, 0.29) is 29.3 Å². The van der Waals surface area contributed by atoms with E-state index < -0.39 is 11.7 Å². The molecule has 0 aliphatic rings. The Morgan fingerprint density at radius 2 is 2.00 bits per heavy atom. The molecule has 0 saturated heterocycles. The summed E-state index contributed by atoms with van der Waals surface area (Å²) >= 11 is 7.03. The zero-order valence-corrected chi connectivity index (χ0v) is 12.9. The number of ketones is 1. The summed E-state index contributed by atoms with van der Waals surface area (Å²) in [6.45, 7) is 1.91. The summed E-state index contributed by atoms with van der Waals surface area (Å²) in [7, 11) is 0. The Labute approximate surface area is 130 Å². The van der Waals surface area contributed by atoms with Gasteiger partial charge in [0.2, 0.25) is 5.91 Å². The highest BCUT2D eigenvalue weighted by atomic mass is 35.5. The van der Waals surface area contributed by atoms with Gasteiger partial charge in [-0.1, -0.05) is 11.6 Å². The summed E-state index contributed by atoms with van der Waals surface area (Å²) in [5.74, 6) is -1.09. The first-order valence-corrected chi connectivity index (χ1v) is 7.49. The van der Waals surface area contributed by atoms with Crippen molar-refractivity contribution in [3.8, 4) is 0 Å². The van der Waals surface area contributed by atoms with Crippen molar-refractivity contribution < 1.29 is 14.0 Å². The van der Waals surface area contributed by atoms with Crippen LogP contribution >= 0.6 is 22.9 Å². The maximum absolute atomic E-state index is 13.5. The Bertz CT molecular complexity index is 684. The molecular formula is C15H13ClFNO2S. The number of Topliss-reactive ketones (excluding diaryl/α,β-unsaturated/α-hetero) is 1. The van der Waals surface area contributed by atoms with Crippen LogP contribution in [0.3, 0.4) is 0 Å². The normalized spacial score (nSPS) is 10.4. The van der Waals surface area contributed by atoms with Crippen LogP contribution in [0.1, 0.15) is 27.4 Å². The van der Waals surface area contributed by atoms with Gasteiger partial charge in [0.1, 0.15) is 5.82 Å². The number of hydrogen-bond acceptors (Lipinski definition) is 3. The summed E-state index contributed by atoms with van der Waals surface area (Å²) in [4.78, 5) is 25.3. The lowest BCUT2D eigenvalue weighted by Gasteiger charge is -2.06.